The molecule has 1 aromatic carbocycles. The van der Waals surface area contributed by atoms with Crippen LogP contribution in [0.2, 0.25) is 0 Å². The summed E-state index contributed by atoms with van der Waals surface area (Å²) >= 11 is 1.57. The van der Waals surface area contributed by atoms with Crippen LogP contribution in [0.4, 0.5) is 5.69 Å². The highest BCUT2D eigenvalue weighted by Crippen LogP contribution is 2.18. The third-order valence-corrected chi connectivity index (χ3v) is 4.86. The second-order valence-corrected chi connectivity index (χ2v) is 6.62. The van der Waals surface area contributed by atoms with E-state index in [0.717, 1.165) is 33.5 Å². The first-order valence-corrected chi connectivity index (χ1v) is 8.67. The van der Waals surface area contributed by atoms with Gasteiger partial charge in [-0.2, -0.15) is 0 Å². The molecule has 0 aliphatic carbocycles. The van der Waals surface area contributed by atoms with E-state index >= 15 is 0 Å². The highest BCUT2D eigenvalue weighted by Gasteiger charge is 2.11. The molecule has 1 N–H and O–H groups in total. The first kappa shape index (κ1) is 15.5. The van der Waals surface area contributed by atoms with Gasteiger partial charge in [0.25, 0.3) is 0 Å². The topological polar surface area (TPSA) is 77.1 Å². The fourth-order valence-electron chi connectivity index (χ4n) is 2.68. The molecule has 0 aliphatic rings. The van der Waals surface area contributed by atoms with E-state index in [1.165, 1.54) is 0 Å². The van der Waals surface area contributed by atoms with E-state index < -0.39 is 0 Å². The van der Waals surface area contributed by atoms with Crippen molar-refractivity contribution in [3.63, 3.8) is 0 Å². The molecule has 0 unspecified atom stereocenters. The minimum absolute atomic E-state index is 0.0963. The number of carbonyl (C=O) groups excluding carboxylic acids is 1. The Morgan fingerprint density at radius 1 is 1.32 bits per heavy atom. The molecule has 25 heavy (non-hydrogen) atoms. The van der Waals surface area contributed by atoms with Crippen LogP contribution in [-0.2, 0) is 11.2 Å². The predicted octanol–water partition coefficient (Wildman–Crippen LogP) is 2.77. The predicted molar refractivity (Wildman–Crippen MR) is 96.2 cm³/mol. The first-order valence-electron chi connectivity index (χ1n) is 7.79. The average Bonchev–Trinajstić information content (AvgIpc) is 3.26. The lowest BCUT2D eigenvalue weighted by atomic mass is 10.2. The van der Waals surface area contributed by atoms with Gasteiger partial charge in [0.2, 0.25) is 5.91 Å². The van der Waals surface area contributed by atoms with Crippen LogP contribution < -0.4 is 5.32 Å². The highest BCUT2D eigenvalue weighted by molar-refractivity contribution is 7.15. The summed E-state index contributed by atoms with van der Waals surface area (Å²) < 4.78 is 3.87. The average molecular weight is 352 g/mol. The van der Waals surface area contributed by atoms with E-state index in [2.05, 4.69) is 20.5 Å². The van der Waals surface area contributed by atoms with E-state index in [1.807, 2.05) is 58.7 Å². The Morgan fingerprint density at radius 3 is 2.96 bits per heavy atom. The molecule has 126 valence electrons. The summed E-state index contributed by atoms with van der Waals surface area (Å²) in [6, 6.07) is 7.58. The summed E-state index contributed by atoms with van der Waals surface area (Å²) in [6.45, 7) is 3.90. The molecule has 0 aliphatic heterocycles. The van der Waals surface area contributed by atoms with Gasteiger partial charge in [-0.15, -0.1) is 21.5 Å². The van der Waals surface area contributed by atoms with Gasteiger partial charge in [0.15, 0.2) is 4.96 Å². The summed E-state index contributed by atoms with van der Waals surface area (Å²) in [4.78, 5) is 17.7. The maximum absolute atomic E-state index is 12.3. The SMILES string of the molecule is Cc1nncn1-c1cccc(NC(=O)Cc2cn3c(C)csc3n2)c1. The Hall–Kier alpha value is -3.00. The molecule has 0 fully saturated rings. The van der Waals surface area contributed by atoms with E-state index in [9.17, 15) is 4.79 Å². The van der Waals surface area contributed by atoms with Gasteiger partial charge in [0, 0.05) is 23.0 Å². The van der Waals surface area contributed by atoms with Crippen LogP contribution >= 0.6 is 11.3 Å². The van der Waals surface area contributed by atoms with Gasteiger partial charge in [0.1, 0.15) is 12.2 Å². The Bertz CT molecular complexity index is 1060. The van der Waals surface area contributed by atoms with Gasteiger partial charge in [-0.25, -0.2) is 4.98 Å². The number of aryl methyl sites for hydroxylation is 2. The number of fused-ring (bicyclic) bond motifs is 1. The van der Waals surface area contributed by atoms with Crippen molar-refractivity contribution < 1.29 is 4.79 Å². The summed E-state index contributed by atoms with van der Waals surface area (Å²) in [6.07, 6.45) is 3.80. The molecule has 1 amide bonds. The van der Waals surface area contributed by atoms with Crippen LogP contribution in [0.15, 0.2) is 42.2 Å². The number of thiazole rings is 1. The number of hydrogen-bond donors (Lipinski definition) is 1. The van der Waals surface area contributed by atoms with E-state index in [4.69, 9.17) is 0 Å². The monoisotopic (exact) mass is 352 g/mol. The zero-order valence-corrected chi connectivity index (χ0v) is 14.6. The molecule has 3 heterocycles. The van der Waals surface area contributed by atoms with Crippen molar-refractivity contribution in [1.82, 2.24) is 24.1 Å². The van der Waals surface area contributed by atoms with Crippen LogP contribution in [-0.4, -0.2) is 30.1 Å². The van der Waals surface area contributed by atoms with Crippen LogP contribution in [0.25, 0.3) is 10.6 Å². The third-order valence-electron chi connectivity index (χ3n) is 3.91. The summed E-state index contributed by atoms with van der Waals surface area (Å²) in [5.74, 6) is 0.693. The maximum Gasteiger partial charge on any atom is 0.230 e. The smallest absolute Gasteiger partial charge is 0.230 e. The maximum atomic E-state index is 12.3. The largest absolute Gasteiger partial charge is 0.326 e. The number of hydrogen-bond acceptors (Lipinski definition) is 5. The molecule has 0 radical (unpaired) electrons. The zero-order valence-electron chi connectivity index (χ0n) is 13.8. The number of anilines is 1. The fourth-order valence-corrected chi connectivity index (χ4v) is 3.54. The molecule has 0 saturated heterocycles. The van der Waals surface area contributed by atoms with Crippen LogP contribution in [0.1, 0.15) is 17.2 Å². The van der Waals surface area contributed by atoms with Crippen LogP contribution in [0, 0.1) is 13.8 Å². The van der Waals surface area contributed by atoms with Gasteiger partial charge in [0.05, 0.1) is 17.8 Å². The number of nitrogens with zero attached hydrogens (tertiary/aromatic N) is 5. The van der Waals surface area contributed by atoms with Gasteiger partial charge in [-0.3, -0.25) is 13.8 Å². The van der Waals surface area contributed by atoms with Gasteiger partial charge in [-0.1, -0.05) is 6.07 Å². The summed E-state index contributed by atoms with van der Waals surface area (Å²) in [5, 5.41) is 12.8. The number of nitrogens with one attached hydrogen (secondary N) is 1. The number of aromatic nitrogens is 5. The Morgan fingerprint density at radius 2 is 2.20 bits per heavy atom. The molecular weight excluding hydrogens is 336 g/mol. The molecule has 3 aromatic heterocycles. The standard InChI is InChI=1S/C17H16N6OS/c1-11-9-25-17-20-14(8-22(11)17)7-16(24)19-13-4-3-5-15(6-13)23-10-18-21-12(23)2/h3-6,8-10H,7H2,1-2H3,(H,19,24). The number of rotatable bonds is 4. The molecule has 4 aromatic rings. The number of carbonyl (C=O) groups is 1. The quantitative estimate of drug-likeness (QED) is 0.613. The van der Waals surface area contributed by atoms with E-state index in [0.29, 0.717) is 0 Å². The Balaban J connectivity index is 1.50. The lowest BCUT2D eigenvalue weighted by molar-refractivity contribution is -0.115. The van der Waals surface area contributed by atoms with Crippen molar-refractivity contribution in [1.29, 1.82) is 0 Å². The Labute approximate surface area is 148 Å². The molecule has 7 nitrogen and oxygen atoms in total. The summed E-state index contributed by atoms with van der Waals surface area (Å²) in [7, 11) is 0. The number of amides is 1. The van der Waals surface area contributed by atoms with Crippen LogP contribution in [0.5, 0.6) is 0 Å². The second-order valence-electron chi connectivity index (χ2n) is 5.79. The normalized spacial score (nSPS) is 11.1. The Kier molecular flexibility index (Phi) is 3.81. The zero-order chi connectivity index (χ0) is 17.4. The molecule has 0 bridgehead atoms. The van der Waals surface area contributed by atoms with Gasteiger partial charge < -0.3 is 5.32 Å². The van der Waals surface area contributed by atoms with Gasteiger partial charge >= 0.3 is 0 Å². The molecule has 0 saturated carbocycles. The molecule has 4 rings (SSSR count). The summed E-state index contributed by atoms with van der Waals surface area (Å²) in [5.41, 5.74) is 3.51. The van der Waals surface area contributed by atoms with Crippen molar-refractivity contribution in [2.24, 2.45) is 0 Å². The molecule has 8 heteroatoms. The number of benzene rings is 1. The van der Waals surface area contributed by atoms with Crippen LogP contribution in [0.3, 0.4) is 0 Å². The van der Waals surface area contributed by atoms with Gasteiger partial charge in [-0.05, 0) is 32.0 Å². The van der Waals surface area contributed by atoms with Crippen molar-refractivity contribution in [3.05, 3.63) is 59.4 Å². The molecule has 0 atom stereocenters. The van der Waals surface area contributed by atoms with Crippen molar-refractivity contribution in [2.45, 2.75) is 20.3 Å². The minimum Gasteiger partial charge on any atom is -0.326 e. The molecule has 0 spiro atoms. The fraction of sp³-hybridized carbons (Fsp3) is 0.176. The number of imidazole rings is 1. The first-order chi connectivity index (χ1) is 12.1. The van der Waals surface area contributed by atoms with E-state index in [1.54, 1.807) is 17.7 Å². The van der Waals surface area contributed by atoms with Crippen molar-refractivity contribution >= 4 is 27.9 Å². The minimum atomic E-state index is -0.0963. The van der Waals surface area contributed by atoms with Crippen molar-refractivity contribution in [3.8, 4) is 5.69 Å². The third kappa shape index (κ3) is 3.03. The van der Waals surface area contributed by atoms with Crippen molar-refractivity contribution in [2.75, 3.05) is 5.32 Å². The lowest BCUT2D eigenvalue weighted by Crippen LogP contribution is -2.14. The van der Waals surface area contributed by atoms with E-state index in [-0.39, 0.29) is 12.3 Å². The highest BCUT2D eigenvalue weighted by atomic mass is 32.1. The molecular formula is C17H16N6OS. The lowest BCUT2D eigenvalue weighted by Gasteiger charge is -2.08. The second kappa shape index (κ2) is 6.14.